The van der Waals surface area contributed by atoms with Crippen LogP contribution in [0.4, 0.5) is 0 Å². The van der Waals surface area contributed by atoms with Crippen LogP contribution in [0.15, 0.2) is 24.3 Å². The smallest absolute Gasteiger partial charge is 0.238 e. The molecule has 0 spiro atoms. The Kier molecular flexibility index (Phi) is 4.56. The molecular weight excluding hydrogens is 262 g/mol. The lowest BCUT2D eigenvalue weighted by Crippen LogP contribution is -2.57. The van der Waals surface area contributed by atoms with Gasteiger partial charge in [-0.3, -0.25) is 9.69 Å². The Morgan fingerprint density at radius 1 is 1.38 bits per heavy atom. The lowest BCUT2D eigenvalue weighted by atomic mass is 10.0. The summed E-state index contributed by atoms with van der Waals surface area (Å²) in [4.78, 5) is 14.6. The van der Waals surface area contributed by atoms with Gasteiger partial charge in [0.2, 0.25) is 5.91 Å². The lowest BCUT2D eigenvalue weighted by Gasteiger charge is -2.35. The Labute approximate surface area is 126 Å². The molecule has 1 saturated heterocycles. The fraction of sp³-hybridized carbons (Fsp3) is 0.588. The summed E-state index contributed by atoms with van der Waals surface area (Å²) in [6.45, 7) is 6.19. The maximum Gasteiger partial charge on any atom is 0.238 e. The SMILES string of the molecule is CCNC(=O)C1CNCCN1Cc1ccccc1C1CC1. The van der Waals surface area contributed by atoms with Crippen LogP contribution in [0.1, 0.15) is 36.8 Å². The van der Waals surface area contributed by atoms with Gasteiger partial charge in [-0.2, -0.15) is 0 Å². The van der Waals surface area contributed by atoms with Crippen molar-refractivity contribution >= 4 is 5.91 Å². The van der Waals surface area contributed by atoms with Crippen molar-refractivity contribution in [3.8, 4) is 0 Å². The van der Waals surface area contributed by atoms with E-state index in [1.807, 2.05) is 6.92 Å². The van der Waals surface area contributed by atoms with Crippen molar-refractivity contribution < 1.29 is 4.79 Å². The molecule has 2 aliphatic rings. The third-order valence-corrected chi connectivity index (χ3v) is 4.45. The summed E-state index contributed by atoms with van der Waals surface area (Å²) in [5, 5.41) is 6.30. The molecule has 1 aliphatic heterocycles. The van der Waals surface area contributed by atoms with E-state index in [4.69, 9.17) is 0 Å². The number of carbonyl (C=O) groups is 1. The average Bonchev–Trinajstić information content (AvgIpc) is 3.33. The summed E-state index contributed by atoms with van der Waals surface area (Å²) in [5.74, 6) is 0.903. The minimum absolute atomic E-state index is 0.0500. The highest BCUT2D eigenvalue weighted by Gasteiger charge is 2.30. The minimum atomic E-state index is -0.0500. The van der Waals surface area contributed by atoms with Gasteiger partial charge in [0.1, 0.15) is 6.04 Å². The average molecular weight is 287 g/mol. The van der Waals surface area contributed by atoms with Crippen LogP contribution in [0, 0.1) is 0 Å². The van der Waals surface area contributed by atoms with Crippen LogP contribution in [0.2, 0.25) is 0 Å². The van der Waals surface area contributed by atoms with Crippen molar-refractivity contribution in [1.82, 2.24) is 15.5 Å². The highest BCUT2D eigenvalue weighted by molar-refractivity contribution is 5.82. The molecule has 4 nitrogen and oxygen atoms in total. The highest BCUT2D eigenvalue weighted by atomic mass is 16.2. The second kappa shape index (κ2) is 6.58. The van der Waals surface area contributed by atoms with Crippen molar-refractivity contribution in [2.75, 3.05) is 26.2 Å². The number of amides is 1. The number of benzene rings is 1. The van der Waals surface area contributed by atoms with E-state index in [1.165, 1.54) is 24.0 Å². The third kappa shape index (κ3) is 3.44. The van der Waals surface area contributed by atoms with Gasteiger partial charge in [0.15, 0.2) is 0 Å². The maximum absolute atomic E-state index is 12.2. The second-order valence-corrected chi connectivity index (χ2v) is 6.06. The van der Waals surface area contributed by atoms with Crippen LogP contribution in [-0.4, -0.2) is 43.0 Å². The van der Waals surface area contributed by atoms with Crippen molar-refractivity contribution in [3.05, 3.63) is 35.4 Å². The molecule has 1 aromatic rings. The van der Waals surface area contributed by atoms with E-state index in [-0.39, 0.29) is 11.9 Å². The molecule has 1 aliphatic carbocycles. The zero-order valence-corrected chi connectivity index (χ0v) is 12.8. The van der Waals surface area contributed by atoms with Gasteiger partial charge in [-0.05, 0) is 36.8 Å². The van der Waals surface area contributed by atoms with Gasteiger partial charge < -0.3 is 10.6 Å². The van der Waals surface area contributed by atoms with E-state index in [1.54, 1.807) is 0 Å². The zero-order valence-electron chi connectivity index (χ0n) is 12.8. The number of carbonyl (C=O) groups excluding carboxylic acids is 1. The van der Waals surface area contributed by atoms with Crippen LogP contribution in [0.5, 0.6) is 0 Å². The first-order valence-corrected chi connectivity index (χ1v) is 8.10. The largest absolute Gasteiger partial charge is 0.355 e. The summed E-state index contributed by atoms with van der Waals surface area (Å²) in [6.07, 6.45) is 2.64. The molecular formula is C17H25N3O. The molecule has 2 N–H and O–H groups in total. The van der Waals surface area contributed by atoms with Crippen molar-refractivity contribution in [3.63, 3.8) is 0 Å². The van der Waals surface area contributed by atoms with Crippen LogP contribution in [-0.2, 0) is 11.3 Å². The molecule has 0 bridgehead atoms. The number of nitrogens with zero attached hydrogens (tertiary/aromatic N) is 1. The van der Waals surface area contributed by atoms with Gasteiger partial charge in [0.25, 0.3) is 0 Å². The molecule has 4 heteroatoms. The van der Waals surface area contributed by atoms with Gasteiger partial charge >= 0.3 is 0 Å². The van der Waals surface area contributed by atoms with Crippen LogP contribution < -0.4 is 10.6 Å². The Balaban J connectivity index is 1.74. The van der Waals surface area contributed by atoms with Crippen LogP contribution >= 0.6 is 0 Å². The van der Waals surface area contributed by atoms with Gasteiger partial charge in [0, 0.05) is 32.7 Å². The molecule has 1 saturated carbocycles. The summed E-state index contributed by atoms with van der Waals surface area (Å²) in [5.41, 5.74) is 2.89. The van der Waals surface area contributed by atoms with Crippen molar-refractivity contribution in [2.24, 2.45) is 0 Å². The third-order valence-electron chi connectivity index (χ3n) is 4.45. The van der Waals surface area contributed by atoms with Crippen molar-refractivity contribution in [2.45, 2.75) is 38.3 Å². The summed E-state index contributed by atoms with van der Waals surface area (Å²) in [6, 6.07) is 8.69. The maximum atomic E-state index is 12.2. The molecule has 2 fully saturated rings. The Hall–Kier alpha value is -1.39. The summed E-state index contributed by atoms with van der Waals surface area (Å²) >= 11 is 0. The monoisotopic (exact) mass is 287 g/mol. The molecule has 114 valence electrons. The second-order valence-electron chi connectivity index (χ2n) is 6.06. The van der Waals surface area contributed by atoms with Gasteiger partial charge in [0.05, 0.1) is 0 Å². The molecule has 1 heterocycles. The lowest BCUT2D eigenvalue weighted by molar-refractivity contribution is -0.127. The fourth-order valence-corrected chi connectivity index (χ4v) is 3.18. The van der Waals surface area contributed by atoms with Crippen molar-refractivity contribution in [1.29, 1.82) is 0 Å². The first-order valence-electron chi connectivity index (χ1n) is 8.10. The molecule has 0 radical (unpaired) electrons. The van der Waals surface area contributed by atoms with E-state index in [0.717, 1.165) is 32.1 Å². The molecule has 1 atom stereocenters. The van der Waals surface area contributed by atoms with E-state index in [0.29, 0.717) is 6.54 Å². The standard InChI is InChI=1S/C17H25N3O/c1-2-19-17(21)16-11-18-9-10-20(16)12-14-5-3-4-6-15(14)13-7-8-13/h3-6,13,16,18H,2,7-12H2,1H3,(H,19,21). The zero-order chi connectivity index (χ0) is 14.7. The Morgan fingerprint density at radius 2 is 2.19 bits per heavy atom. The quantitative estimate of drug-likeness (QED) is 0.862. The summed E-state index contributed by atoms with van der Waals surface area (Å²) < 4.78 is 0. The molecule has 21 heavy (non-hydrogen) atoms. The molecule has 1 unspecified atom stereocenters. The van der Waals surface area contributed by atoms with Gasteiger partial charge in [-0.1, -0.05) is 24.3 Å². The molecule has 3 rings (SSSR count). The van der Waals surface area contributed by atoms with Crippen LogP contribution in [0.25, 0.3) is 0 Å². The number of likely N-dealkylation sites (N-methyl/N-ethyl adjacent to an activating group) is 1. The number of hydrogen-bond donors (Lipinski definition) is 2. The fourth-order valence-electron chi connectivity index (χ4n) is 3.18. The highest BCUT2D eigenvalue weighted by Crippen LogP contribution is 2.41. The normalized spacial score (nSPS) is 23.0. The first kappa shape index (κ1) is 14.5. The number of hydrogen-bond acceptors (Lipinski definition) is 3. The number of nitrogens with one attached hydrogen (secondary N) is 2. The van der Waals surface area contributed by atoms with Crippen LogP contribution in [0.3, 0.4) is 0 Å². The number of piperazine rings is 1. The molecule has 1 amide bonds. The van der Waals surface area contributed by atoms with Gasteiger partial charge in [-0.15, -0.1) is 0 Å². The molecule has 1 aromatic carbocycles. The van der Waals surface area contributed by atoms with E-state index >= 15 is 0 Å². The predicted octanol–water partition coefficient (Wildman–Crippen LogP) is 1.47. The van der Waals surface area contributed by atoms with Gasteiger partial charge in [-0.25, -0.2) is 0 Å². The molecule has 0 aromatic heterocycles. The van der Waals surface area contributed by atoms with E-state index in [9.17, 15) is 4.79 Å². The Bertz CT molecular complexity index is 499. The predicted molar refractivity (Wildman–Crippen MR) is 84.2 cm³/mol. The summed E-state index contributed by atoms with van der Waals surface area (Å²) in [7, 11) is 0. The van der Waals surface area contributed by atoms with E-state index < -0.39 is 0 Å². The first-order chi connectivity index (χ1) is 10.3. The number of rotatable bonds is 5. The Morgan fingerprint density at radius 3 is 2.95 bits per heavy atom. The van der Waals surface area contributed by atoms with E-state index in [2.05, 4.69) is 39.8 Å². The minimum Gasteiger partial charge on any atom is -0.355 e. The topological polar surface area (TPSA) is 44.4 Å².